The highest BCUT2D eigenvalue weighted by Crippen LogP contribution is 2.09. The predicted molar refractivity (Wildman–Crippen MR) is 68.8 cm³/mol. The Labute approximate surface area is 106 Å². The van der Waals surface area contributed by atoms with Gasteiger partial charge in [-0.15, -0.1) is 0 Å². The lowest BCUT2D eigenvalue weighted by Gasteiger charge is -2.18. The Morgan fingerprint density at radius 2 is 2.22 bits per heavy atom. The molecule has 0 atom stereocenters. The number of halogens is 1. The van der Waals surface area contributed by atoms with Crippen molar-refractivity contribution in [3.8, 4) is 0 Å². The number of anilines is 1. The molecule has 0 saturated carbocycles. The fourth-order valence-electron chi connectivity index (χ4n) is 1.62. The highest BCUT2D eigenvalue weighted by Gasteiger charge is 2.06. The van der Waals surface area contributed by atoms with Crippen LogP contribution in [-0.4, -0.2) is 42.2 Å². The van der Waals surface area contributed by atoms with Crippen molar-refractivity contribution >= 4 is 11.6 Å². The molecule has 0 heterocycles. The zero-order chi connectivity index (χ0) is 13.4. The van der Waals surface area contributed by atoms with Gasteiger partial charge in [-0.25, -0.2) is 4.39 Å². The molecule has 0 aliphatic carbocycles. The Hall–Kier alpha value is -1.46. The first-order chi connectivity index (χ1) is 8.65. The van der Waals surface area contributed by atoms with Crippen molar-refractivity contribution in [1.29, 1.82) is 0 Å². The molecule has 18 heavy (non-hydrogen) atoms. The van der Waals surface area contributed by atoms with E-state index >= 15 is 0 Å². The molecular formula is C13H19FN2O2. The van der Waals surface area contributed by atoms with Crippen molar-refractivity contribution in [3.05, 3.63) is 30.1 Å². The number of carbonyl (C=O) groups is 1. The zero-order valence-electron chi connectivity index (χ0n) is 10.5. The number of hydrogen-bond acceptors (Lipinski definition) is 3. The van der Waals surface area contributed by atoms with Crippen molar-refractivity contribution in [2.75, 3.05) is 31.6 Å². The predicted octanol–water partition coefficient (Wildman–Crippen LogP) is 1.47. The molecule has 0 radical (unpaired) electrons. The Bertz CT molecular complexity index is 385. The summed E-state index contributed by atoms with van der Waals surface area (Å²) in [6.07, 6.45) is 0.324. The van der Waals surface area contributed by atoms with Gasteiger partial charge in [0, 0.05) is 25.2 Å². The number of benzene rings is 1. The third-order valence-corrected chi connectivity index (χ3v) is 2.63. The van der Waals surface area contributed by atoms with E-state index in [0.717, 1.165) is 6.54 Å². The third kappa shape index (κ3) is 5.25. The molecule has 1 aromatic carbocycles. The molecule has 1 amide bonds. The van der Waals surface area contributed by atoms with Crippen molar-refractivity contribution in [1.82, 2.24) is 4.90 Å². The molecule has 0 aliphatic rings. The smallest absolute Gasteiger partial charge is 0.225 e. The van der Waals surface area contributed by atoms with E-state index < -0.39 is 0 Å². The van der Waals surface area contributed by atoms with Crippen molar-refractivity contribution in [2.45, 2.75) is 13.3 Å². The SMILES string of the molecule is CCN(CCO)CCC(=O)Nc1cccc(F)c1. The van der Waals surface area contributed by atoms with Crippen LogP contribution in [0.2, 0.25) is 0 Å². The fourth-order valence-corrected chi connectivity index (χ4v) is 1.62. The number of amides is 1. The minimum atomic E-state index is -0.372. The average Bonchev–Trinajstić information content (AvgIpc) is 2.34. The van der Waals surface area contributed by atoms with E-state index in [9.17, 15) is 9.18 Å². The fraction of sp³-hybridized carbons (Fsp3) is 0.462. The third-order valence-electron chi connectivity index (χ3n) is 2.63. The molecule has 0 aromatic heterocycles. The summed E-state index contributed by atoms with van der Waals surface area (Å²) in [6, 6.07) is 5.81. The second-order valence-corrected chi connectivity index (χ2v) is 3.97. The first kappa shape index (κ1) is 14.6. The van der Waals surface area contributed by atoms with Crippen LogP contribution in [0.3, 0.4) is 0 Å². The van der Waals surface area contributed by atoms with Gasteiger partial charge in [0.1, 0.15) is 5.82 Å². The summed E-state index contributed by atoms with van der Waals surface area (Å²) < 4.78 is 12.9. The summed E-state index contributed by atoms with van der Waals surface area (Å²) in [5.74, 6) is -0.528. The van der Waals surface area contributed by atoms with Crippen LogP contribution in [0.1, 0.15) is 13.3 Å². The number of rotatable bonds is 7. The molecule has 0 unspecified atom stereocenters. The number of carbonyl (C=O) groups excluding carboxylic acids is 1. The van der Waals surface area contributed by atoms with Crippen LogP contribution >= 0.6 is 0 Å². The minimum Gasteiger partial charge on any atom is -0.395 e. The molecular weight excluding hydrogens is 235 g/mol. The zero-order valence-corrected chi connectivity index (χ0v) is 10.5. The van der Waals surface area contributed by atoms with Crippen LogP contribution in [0.25, 0.3) is 0 Å². The Morgan fingerprint density at radius 1 is 1.44 bits per heavy atom. The monoisotopic (exact) mass is 254 g/mol. The standard InChI is InChI=1S/C13H19FN2O2/c1-2-16(8-9-17)7-6-13(18)15-12-5-3-4-11(14)10-12/h3-5,10,17H,2,6-9H2,1H3,(H,15,18). The van der Waals surface area contributed by atoms with E-state index in [1.807, 2.05) is 11.8 Å². The number of likely N-dealkylation sites (N-methyl/N-ethyl adjacent to an activating group) is 1. The Kier molecular flexibility index (Phi) is 6.32. The van der Waals surface area contributed by atoms with Gasteiger partial charge < -0.3 is 15.3 Å². The van der Waals surface area contributed by atoms with Crippen LogP contribution in [0, 0.1) is 5.82 Å². The highest BCUT2D eigenvalue weighted by atomic mass is 19.1. The Balaban J connectivity index is 2.37. The summed E-state index contributed by atoms with van der Waals surface area (Å²) in [6.45, 7) is 3.98. The van der Waals surface area contributed by atoms with Crippen LogP contribution in [-0.2, 0) is 4.79 Å². The van der Waals surface area contributed by atoms with Gasteiger partial charge in [0.15, 0.2) is 0 Å². The van der Waals surface area contributed by atoms with Gasteiger partial charge in [0.2, 0.25) is 5.91 Å². The van der Waals surface area contributed by atoms with Crippen LogP contribution in [0.4, 0.5) is 10.1 Å². The molecule has 100 valence electrons. The second-order valence-electron chi connectivity index (χ2n) is 3.97. The van der Waals surface area contributed by atoms with Crippen LogP contribution in [0.15, 0.2) is 24.3 Å². The van der Waals surface area contributed by atoms with E-state index in [1.54, 1.807) is 12.1 Å². The minimum absolute atomic E-state index is 0.0827. The molecule has 0 spiro atoms. The van der Waals surface area contributed by atoms with Gasteiger partial charge in [0.05, 0.1) is 6.61 Å². The van der Waals surface area contributed by atoms with Gasteiger partial charge in [-0.3, -0.25) is 4.79 Å². The molecule has 0 fully saturated rings. The number of hydrogen-bond donors (Lipinski definition) is 2. The quantitative estimate of drug-likeness (QED) is 0.774. The van der Waals surface area contributed by atoms with Crippen molar-refractivity contribution < 1.29 is 14.3 Å². The van der Waals surface area contributed by atoms with Gasteiger partial charge >= 0.3 is 0 Å². The molecule has 4 nitrogen and oxygen atoms in total. The molecule has 0 aliphatic heterocycles. The molecule has 1 rings (SSSR count). The lowest BCUT2D eigenvalue weighted by atomic mass is 10.3. The first-order valence-electron chi connectivity index (χ1n) is 6.04. The van der Waals surface area contributed by atoms with Crippen molar-refractivity contribution in [2.24, 2.45) is 0 Å². The topological polar surface area (TPSA) is 52.6 Å². The maximum absolute atomic E-state index is 12.9. The van der Waals surface area contributed by atoms with Crippen LogP contribution in [0.5, 0.6) is 0 Å². The van der Waals surface area contributed by atoms with E-state index in [1.165, 1.54) is 12.1 Å². The molecule has 0 bridgehead atoms. The lowest BCUT2D eigenvalue weighted by molar-refractivity contribution is -0.116. The highest BCUT2D eigenvalue weighted by molar-refractivity contribution is 5.90. The van der Waals surface area contributed by atoms with E-state index in [2.05, 4.69) is 5.32 Å². The number of nitrogens with zero attached hydrogens (tertiary/aromatic N) is 1. The Morgan fingerprint density at radius 3 is 2.83 bits per heavy atom. The number of aliphatic hydroxyl groups excluding tert-OH is 1. The average molecular weight is 254 g/mol. The van der Waals surface area contributed by atoms with E-state index in [-0.39, 0.29) is 18.3 Å². The number of nitrogens with one attached hydrogen (secondary N) is 1. The van der Waals surface area contributed by atoms with Crippen molar-refractivity contribution in [3.63, 3.8) is 0 Å². The van der Waals surface area contributed by atoms with Crippen LogP contribution < -0.4 is 5.32 Å². The van der Waals surface area contributed by atoms with Gasteiger partial charge in [0.25, 0.3) is 0 Å². The summed E-state index contributed by atoms with van der Waals surface area (Å²) in [5, 5.41) is 11.5. The summed E-state index contributed by atoms with van der Waals surface area (Å²) >= 11 is 0. The molecule has 5 heteroatoms. The first-order valence-corrected chi connectivity index (χ1v) is 6.04. The second kappa shape index (κ2) is 7.79. The number of aliphatic hydroxyl groups is 1. The normalized spacial score (nSPS) is 10.7. The molecule has 1 aromatic rings. The maximum Gasteiger partial charge on any atom is 0.225 e. The van der Waals surface area contributed by atoms with E-state index in [4.69, 9.17) is 5.11 Å². The van der Waals surface area contributed by atoms with Gasteiger partial charge in [-0.05, 0) is 24.7 Å². The molecule has 2 N–H and O–H groups in total. The maximum atomic E-state index is 12.9. The summed E-state index contributed by atoms with van der Waals surface area (Å²) in [7, 11) is 0. The van der Waals surface area contributed by atoms with Gasteiger partial charge in [-0.1, -0.05) is 13.0 Å². The van der Waals surface area contributed by atoms with Gasteiger partial charge in [-0.2, -0.15) is 0 Å². The largest absolute Gasteiger partial charge is 0.395 e. The molecule has 0 saturated heterocycles. The summed E-state index contributed by atoms with van der Waals surface area (Å²) in [5.41, 5.74) is 0.463. The lowest BCUT2D eigenvalue weighted by Crippen LogP contribution is -2.30. The van der Waals surface area contributed by atoms with E-state index in [0.29, 0.717) is 25.2 Å². The summed E-state index contributed by atoms with van der Waals surface area (Å²) in [4.78, 5) is 13.6.